The zero-order valence-corrected chi connectivity index (χ0v) is 12.4. The molecule has 0 amide bonds. The SMILES string of the molecule is CCCCN=C(N)N.CN.c1ccc2ccccc2c1. The van der Waals surface area contributed by atoms with Crippen LogP contribution in [-0.2, 0) is 0 Å². The van der Waals surface area contributed by atoms with Crippen LogP contribution in [0.1, 0.15) is 19.8 Å². The van der Waals surface area contributed by atoms with Crippen molar-refractivity contribution < 1.29 is 0 Å². The summed E-state index contributed by atoms with van der Waals surface area (Å²) in [5.74, 6) is 0.193. The first-order chi connectivity index (χ1) is 9.74. The average Bonchev–Trinajstić information content (AvgIpc) is 2.50. The number of hydrogen-bond donors (Lipinski definition) is 3. The van der Waals surface area contributed by atoms with Gasteiger partial charge >= 0.3 is 0 Å². The van der Waals surface area contributed by atoms with Crippen LogP contribution in [0.2, 0.25) is 0 Å². The molecule has 0 atom stereocenters. The predicted octanol–water partition coefficient (Wildman–Crippen LogP) is 2.47. The zero-order chi connectivity index (χ0) is 15.2. The van der Waals surface area contributed by atoms with E-state index in [-0.39, 0.29) is 5.96 Å². The topological polar surface area (TPSA) is 90.4 Å². The zero-order valence-electron chi connectivity index (χ0n) is 12.4. The van der Waals surface area contributed by atoms with Crippen LogP contribution in [0, 0.1) is 0 Å². The summed E-state index contributed by atoms with van der Waals surface area (Å²) in [6.07, 6.45) is 2.20. The highest BCUT2D eigenvalue weighted by Crippen LogP contribution is 2.11. The predicted molar refractivity (Wildman–Crippen MR) is 89.6 cm³/mol. The maximum absolute atomic E-state index is 5.06. The lowest BCUT2D eigenvalue weighted by atomic mass is 10.1. The molecule has 0 saturated heterocycles. The molecule has 0 heterocycles. The van der Waals surface area contributed by atoms with Gasteiger partial charge < -0.3 is 17.2 Å². The van der Waals surface area contributed by atoms with Crippen molar-refractivity contribution in [1.82, 2.24) is 0 Å². The third-order valence-corrected chi connectivity index (χ3v) is 2.46. The van der Waals surface area contributed by atoms with Crippen LogP contribution in [0.4, 0.5) is 0 Å². The number of fused-ring (bicyclic) bond motifs is 1. The second kappa shape index (κ2) is 12.0. The van der Waals surface area contributed by atoms with Crippen molar-refractivity contribution in [2.45, 2.75) is 19.8 Å². The second-order valence-electron chi connectivity index (χ2n) is 4.01. The van der Waals surface area contributed by atoms with Crippen molar-refractivity contribution in [3.05, 3.63) is 48.5 Å². The summed E-state index contributed by atoms with van der Waals surface area (Å²) < 4.78 is 0. The molecule has 6 N–H and O–H groups in total. The van der Waals surface area contributed by atoms with E-state index >= 15 is 0 Å². The van der Waals surface area contributed by atoms with Gasteiger partial charge in [0.15, 0.2) is 5.96 Å². The van der Waals surface area contributed by atoms with E-state index < -0.39 is 0 Å². The molecule has 0 aliphatic heterocycles. The van der Waals surface area contributed by atoms with Crippen molar-refractivity contribution in [2.24, 2.45) is 22.2 Å². The lowest BCUT2D eigenvalue weighted by Crippen LogP contribution is -2.22. The molecule has 0 aliphatic rings. The van der Waals surface area contributed by atoms with Gasteiger partial charge in [-0.25, -0.2) is 0 Å². The average molecular weight is 274 g/mol. The van der Waals surface area contributed by atoms with Crippen molar-refractivity contribution >= 4 is 16.7 Å². The third-order valence-electron chi connectivity index (χ3n) is 2.46. The van der Waals surface area contributed by atoms with Gasteiger partial charge in [-0.2, -0.15) is 0 Å². The second-order valence-corrected chi connectivity index (χ2v) is 4.01. The molecular formula is C16H26N4. The number of nitrogens with zero attached hydrogens (tertiary/aromatic N) is 1. The summed E-state index contributed by atoms with van der Waals surface area (Å²) in [6.45, 7) is 2.86. The normalized spacial score (nSPS) is 8.75. The molecule has 2 aromatic carbocycles. The maximum atomic E-state index is 5.06. The molecule has 2 aromatic rings. The van der Waals surface area contributed by atoms with E-state index in [1.807, 2.05) is 0 Å². The van der Waals surface area contributed by atoms with Crippen LogP contribution in [0.25, 0.3) is 10.8 Å². The quantitative estimate of drug-likeness (QED) is 0.456. The number of unbranched alkanes of at least 4 members (excludes halogenated alkanes) is 1. The molecule has 0 aromatic heterocycles. The highest BCUT2D eigenvalue weighted by Gasteiger charge is 1.85. The Morgan fingerprint density at radius 1 is 0.900 bits per heavy atom. The van der Waals surface area contributed by atoms with E-state index in [2.05, 4.69) is 66.2 Å². The summed E-state index contributed by atoms with van der Waals surface area (Å²) >= 11 is 0. The van der Waals surface area contributed by atoms with Gasteiger partial charge in [0.1, 0.15) is 0 Å². The van der Waals surface area contributed by atoms with Gasteiger partial charge in [0.25, 0.3) is 0 Å². The van der Waals surface area contributed by atoms with Crippen LogP contribution < -0.4 is 17.2 Å². The summed E-state index contributed by atoms with van der Waals surface area (Å²) in [5, 5.41) is 2.62. The van der Waals surface area contributed by atoms with Gasteiger partial charge in [-0.3, -0.25) is 4.99 Å². The first-order valence-corrected chi connectivity index (χ1v) is 6.81. The highest BCUT2D eigenvalue weighted by atomic mass is 15.0. The number of benzene rings is 2. The number of hydrogen-bond acceptors (Lipinski definition) is 2. The minimum atomic E-state index is 0.193. The molecule has 20 heavy (non-hydrogen) atoms. The lowest BCUT2D eigenvalue weighted by Gasteiger charge is -1.92. The van der Waals surface area contributed by atoms with Crippen LogP contribution in [-0.4, -0.2) is 19.6 Å². The van der Waals surface area contributed by atoms with Crippen LogP contribution >= 0.6 is 0 Å². The van der Waals surface area contributed by atoms with Gasteiger partial charge in [0.2, 0.25) is 0 Å². The number of guanidine groups is 1. The largest absolute Gasteiger partial charge is 0.370 e. The Balaban J connectivity index is 0.000000330. The van der Waals surface area contributed by atoms with Crippen molar-refractivity contribution in [1.29, 1.82) is 0 Å². The van der Waals surface area contributed by atoms with E-state index in [9.17, 15) is 0 Å². The van der Waals surface area contributed by atoms with Gasteiger partial charge in [0.05, 0.1) is 0 Å². The lowest BCUT2D eigenvalue weighted by molar-refractivity contribution is 0.806. The van der Waals surface area contributed by atoms with Crippen molar-refractivity contribution in [3.63, 3.8) is 0 Å². The summed E-state index contributed by atoms with van der Waals surface area (Å²) in [6, 6.07) is 16.7. The molecule has 0 fully saturated rings. The Morgan fingerprint density at radius 2 is 1.30 bits per heavy atom. The first kappa shape index (κ1) is 17.9. The smallest absolute Gasteiger partial charge is 0.185 e. The van der Waals surface area contributed by atoms with Crippen LogP contribution in [0.5, 0.6) is 0 Å². The van der Waals surface area contributed by atoms with Gasteiger partial charge in [-0.15, -0.1) is 0 Å². The monoisotopic (exact) mass is 274 g/mol. The Labute approximate surface area is 121 Å². The van der Waals surface area contributed by atoms with Crippen molar-refractivity contribution in [3.8, 4) is 0 Å². The molecule has 0 saturated carbocycles. The van der Waals surface area contributed by atoms with E-state index in [0.717, 1.165) is 19.4 Å². The van der Waals surface area contributed by atoms with Crippen LogP contribution in [0.15, 0.2) is 53.5 Å². The van der Waals surface area contributed by atoms with E-state index in [4.69, 9.17) is 11.5 Å². The molecule has 2 rings (SSSR count). The number of nitrogens with two attached hydrogens (primary N) is 3. The maximum Gasteiger partial charge on any atom is 0.185 e. The van der Waals surface area contributed by atoms with Crippen molar-refractivity contribution in [2.75, 3.05) is 13.6 Å². The Bertz CT molecular complexity index is 425. The third kappa shape index (κ3) is 8.11. The minimum Gasteiger partial charge on any atom is -0.370 e. The molecular weight excluding hydrogens is 248 g/mol. The Kier molecular flexibility index (Phi) is 10.7. The van der Waals surface area contributed by atoms with Crippen LogP contribution in [0.3, 0.4) is 0 Å². The highest BCUT2D eigenvalue weighted by molar-refractivity contribution is 5.82. The van der Waals surface area contributed by atoms with E-state index in [0.29, 0.717) is 0 Å². The molecule has 110 valence electrons. The summed E-state index contributed by atoms with van der Waals surface area (Å²) in [5.41, 5.74) is 14.6. The van der Waals surface area contributed by atoms with E-state index in [1.54, 1.807) is 0 Å². The fraction of sp³-hybridized carbons (Fsp3) is 0.312. The summed E-state index contributed by atoms with van der Waals surface area (Å²) in [7, 11) is 1.50. The first-order valence-electron chi connectivity index (χ1n) is 6.81. The van der Waals surface area contributed by atoms with E-state index in [1.165, 1.54) is 17.8 Å². The molecule has 0 aliphatic carbocycles. The Hall–Kier alpha value is -2.07. The minimum absolute atomic E-state index is 0.193. The van der Waals surface area contributed by atoms with Gasteiger partial charge in [-0.1, -0.05) is 61.9 Å². The van der Waals surface area contributed by atoms with Gasteiger partial charge in [-0.05, 0) is 24.2 Å². The number of rotatable bonds is 3. The molecule has 0 radical (unpaired) electrons. The molecule has 4 heteroatoms. The molecule has 0 unspecified atom stereocenters. The summed E-state index contributed by atoms with van der Waals surface area (Å²) in [4.78, 5) is 3.79. The standard InChI is InChI=1S/C10H8.C5H13N3.CH5N/c1-2-6-10-8-4-3-7-9(10)5-1;1-2-3-4-8-5(6)7;1-2/h1-8H;2-4H2,1H3,(H4,6,7,8);2H2,1H3. The molecule has 4 nitrogen and oxygen atoms in total. The molecule has 0 bridgehead atoms. The fourth-order valence-electron chi connectivity index (χ4n) is 1.50. The fourth-order valence-corrected chi connectivity index (χ4v) is 1.50. The number of aliphatic imine (C=N–C) groups is 1. The van der Waals surface area contributed by atoms with Gasteiger partial charge in [0, 0.05) is 6.54 Å². The molecule has 0 spiro atoms. The Morgan fingerprint density at radius 3 is 1.60 bits per heavy atom.